The molecule has 0 saturated carbocycles. The summed E-state index contributed by atoms with van der Waals surface area (Å²) in [4.78, 5) is 46.1. The molecule has 1 amide bonds. The van der Waals surface area contributed by atoms with Gasteiger partial charge < -0.3 is 19.5 Å². The van der Waals surface area contributed by atoms with Gasteiger partial charge in [0.15, 0.2) is 11.6 Å². The number of aryl methyl sites for hydroxylation is 4. The normalized spacial score (nSPS) is 11.4. The van der Waals surface area contributed by atoms with Gasteiger partial charge in [-0.25, -0.2) is 15.0 Å². The second-order valence-electron chi connectivity index (χ2n) is 12.7. The quantitative estimate of drug-likeness (QED) is 0.0467. The maximum absolute atomic E-state index is 13.3. The van der Waals surface area contributed by atoms with E-state index >= 15 is 0 Å². The lowest BCUT2D eigenvalue weighted by molar-refractivity contribution is 0.0942. The zero-order valence-electron chi connectivity index (χ0n) is 31.4. The number of nitrogens with zero attached hydrogens (tertiary/aromatic N) is 10. The number of anilines is 1. The van der Waals surface area contributed by atoms with Crippen LogP contribution in [0.1, 0.15) is 65.0 Å². The van der Waals surface area contributed by atoms with E-state index in [-0.39, 0.29) is 12.6 Å². The van der Waals surface area contributed by atoms with Gasteiger partial charge in [0.05, 0.1) is 30.2 Å². The van der Waals surface area contributed by atoms with E-state index in [2.05, 4.69) is 43.4 Å². The first kappa shape index (κ1) is 37.3. The zero-order chi connectivity index (χ0) is 38.4. The Morgan fingerprint density at radius 1 is 0.963 bits per heavy atom. The SMILES string of the molecule is C=Cc1cnc(N(C/C=C/Cn2c3nc(-c4cc(C)nn4CC)ncc3c3cc(C=O)cc(OCCC)c32)CNC(=O)c2cc(C)nn2CC)c(N=C)c1. The van der Waals surface area contributed by atoms with Crippen molar-refractivity contribution in [2.75, 3.05) is 24.7 Å². The number of aromatic nitrogens is 8. The molecule has 278 valence electrons. The number of nitrogens with one attached hydrogen (secondary N) is 1. The van der Waals surface area contributed by atoms with Crippen LogP contribution in [0.15, 0.2) is 66.4 Å². The molecule has 6 aromatic rings. The van der Waals surface area contributed by atoms with Gasteiger partial charge in [-0.1, -0.05) is 31.7 Å². The Balaban J connectivity index is 1.39. The number of hydrogen-bond donors (Lipinski definition) is 1. The van der Waals surface area contributed by atoms with E-state index < -0.39 is 0 Å². The number of pyridine rings is 1. The summed E-state index contributed by atoms with van der Waals surface area (Å²) < 4.78 is 11.9. The lowest BCUT2D eigenvalue weighted by atomic mass is 10.1. The average molecular weight is 728 g/mol. The van der Waals surface area contributed by atoms with Gasteiger partial charge in [-0.3, -0.25) is 23.9 Å². The van der Waals surface area contributed by atoms with Gasteiger partial charge in [-0.05, 0) is 76.7 Å². The van der Waals surface area contributed by atoms with Gasteiger partial charge in [-0.2, -0.15) is 10.2 Å². The Hall–Kier alpha value is -6.44. The third kappa shape index (κ3) is 7.54. The minimum Gasteiger partial charge on any atom is -0.491 e. The highest BCUT2D eigenvalue weighted by molar-refractivity contribution is 6.10. The lowest BCUT2D eigenvalue weighted by Crippen LogP contribution is -2.39. The summed E-state index contributed by atoms with van der Waals surface area (Å²) in [6.45, 7) is 20.1. The van der Waals surface area contributed by atoms with Crippen LogP contribution in [0.2, 0.25) is 0 Å². The van der Waals surface area contributed by atoms with E-state index in [1.165, 1.54) is 0 Å². The summed E-state index contributed by atoms with van der Waals surface area (Å²) in [7, 11) is 0. The van der Waals surface area contributed by atoms with Crippen molar-refractivity contribution in [1.82, 2.24) is 44.4 Å². The molecule has 0 aliphatic carbocycles. The number of ether oxygens (including phenoxy) is 1. The molecule has 0 radical (unpaired) electrons. The van der Waals surface area contributed by atoms with Crippen molar-refractivity contribution in [3.05, 3.63) is 89.7 Å². The number of rotatable bonds is 17. The Bertz CT molecular complexity index is 2380. The van der Waals surface area contributed by atoms with E-state index in [1.807, 2.05) is 74.6 Å². The first-order valence-corrected chi connectivity index (χ1v) is 18.0. The molecule has 0 atom stereocenters. The highest BCUT2D eigenvalue weighted by Crippen LogP contribution is 2.36. The molecule has 14 nitrogen and oxygen atoms in total. The first-order chi connectivity index (χ1) is 26.2. The van der Waals surface area contributed by atoms with Crippen molar-refractivity contribution in [2.45, 2.75) is 60.7 Å². The molecule has 0 fully saturated rings. The van der Waals surface area contributed by atoms with Crippen molar-refractivity contribution < 1.29 is 14.3 Å². The van der Waals surface area contributed by atoms with Crippen molar-refractivity contribution in [1.29, 1.82) is 0 Å². The molecule has 0 saturated heterocycles. The van der Waals surface area contributed by atoms with Crippen molar-refractivity contribution in [3.8, 4) is 17.3 Å². The van der Waals surface area contributed by atoms with Crippen LogP contribution in [-0.2, 0) is 19.6 Å². The topological polar surface area (TPSA) is 150 Å². The van der Waals surface area contributed by atoms with Crippen LogP contribution in [0.5, 0.6) is 5.75 Å². The minimum absolute atomic E-state index is 0.139. The molecular weight excluding hydrogens is 683 g/mol. The van der Waals surface area contributed by atoms with E-state index in [9.17, 15) is 9.59 Å². The predicted molar refractivity (Wildman–Crippen MR) is 213 cm³/mol. The minimum atomic E-state index is -0.253. The number of amides is 1. The summed E-state index contributed by atoms with van der Waals surface area (Å²) in [5, 5.41) is 13.7. The predicted octanol–water partition coefficient (Wildman–Crippen LogP) is 6.72. The third-order valence-electron chi connectivity index (χ3n) is 8.93. The fraction of sp³-hybridized carbons (Fsp3) is 0.300. The Morgan fingerprint density at radius 2 is 1.74 bits per heavy atom. The Morgan fingerprint density at radius 3 is 2.46 bits per heavy atom. The van der Waals surface area contributed by atoms with Crippen LogP contribution < -0.4 is 15.0 Å². The summed E-state index contributed by atoms with van der Waals surface area (Å²) in [5.41, 5.74) is 6.30. The van der Waals surface area contributed by atoms with Crippen LogP contribution in [0.3, 0.4) is 0 Å². The highest BCUT2D eigenvalue weighted by Gasteiger charge is 2.21. The monoisotopic (exact) mass is 727 g/mol. The molecule has 0 aliphatic heterocycles. The van der Waals surface area contributed by atoms with Crippen molar-refractivity contribution in [2.24, 2.45) is 4.99 Å². The molecule has 5 aromatic heterocycles. The molecular formula is C40H45N11O3. The van der Waals surface area contributed by atoms with Crippen LogP contribution in [0.4, 0.5) is 11.5 Å². The maximum Gasteiger partial charge on any atom is 0.270 e. The molecule has 0 bridgehead atoms. The van der Waals surface area contributed by atoms with Gasteiger partial charge >= 0.3 is 0 Å². The summed E-state index contributed by atoms with van der Waals surface area (Å²) >= 11 is 0. The van der Waals surface area contributed by atoms with Crippen LogP contribution in [-0.4, -0.2) is 77.8 Å². The second-order valence-corrected chi connectivity index (χ2v) is 12.7. The van der Waals surface area contributed by atoms with E-state index in [4.69, 9.17) is 14.7 Å². The number of aldehydes is 1. The number of carbonyl (C=O) groups excluding carboxylic acids is 2. The van der Waals surface area contributed by atoms with Gasteiger partial charge in [0, 0.05) is 54.9 Å². The second kappa shape index (κ2) is 16.5. The zero-order valence-corrected chi connectivity index (χ0v) is 31.4. The third-order valence-corrected chi connectivity index (χ3v) is 8.93. The van der Waals surface area contributed by atoms with Gasteiger partial charge in [0.2, 0.25) is 0 Å². The van der Waals surface area contributed by atoms with Crippen molar-refractivity contribution >= 4 is 58.4 Å². The number of benzene rings is 1. The Labute approximate surface area is 313 Å². The molecule has 14 heteroatoms. The van der Waals surface area contributed by atoms with E-state index in [0.717, 1.165) is 51.6 Å². The molecule has 6 rings (SSSR count). The lowest BCUT2D eigenvalue weighted by Gasteiger charge is -2.24. The smallest absolute Gasteiger partial charge is 0.270 e. The van der Waals surface area contributed by atoms with Gasteiger partial charge in [0.1, 0.15) is 34.8 Å². The fourth-order valence-corrected chi connectivity index (χ4v) is 6.41. The fourth-order valence-electron chi connectivity index (χ4n) is 6.41. The van der Waals surface area contributed by atoms with Gasteiger partial charge in [-0.15, -0.1) is 0 Å². The number of carbonyl (C=O) groups is 2. The van der Waals surface area contributed by atoms with E-state index in [1.54, 1.807) is 35.3 Å². The number of fused-ring (bicyclic) bond motifs is 3. The summed E-state index contributed by atoms with van der Waals surface area (Å²) in [5.74, 6) is 1.44. The molecule has 5 heterocycles. The molecule has 0 unspecified atom stereocenters. The standard InChI is InChI=1S/C40H45N11O3/c1-8-16-54-35-21-29(24-52)19-30-31-23-42-37(33-17-26(5)46-50(33)10-3)45-38(31)49(36(30)35)15-13-12-14-48(39-32(41-7)20-28(9-2)22-43-39)25-44-40(53)34-18-27(6)47-51(34)11-4/h9,12-13,17-24H,2,7-8,10-11,14-16,25H2,1,3-6H3,(H,44,53)/b13-12+. The molecule has 1 aromatic carbocycles. The summed E-state index contributed by atoms with van der Waals surface area (Å²) in [6, 6.07) is 9.22. The average Bonchev–Trinajstić information content (AvgIpc) is 3.87. The molecule has 54 heavy (non-hydrogen) atoms. The number of allylic oxidation sites excluding steroid dienone is 1. The first-order valence-electron chi connectivity index (χ1n) is 18.0. The van der Waals surface area contributed by atoms with Crippen molar-refractivity contribution in [3.63, 3.8) is 0 Å². The number of hydrogen-bond acceptors (Lipinski definition) is 10. The molecule has 1 N–H and O–H groups in total. The van der Waals surface area contributed by atoms with Gasteiger partial charge in [0.25, 0.3) is 5.91 Å². The molecule has 0 spiro atoms. The number of aliphatic imine (C=N–C) groups is 1. The largest absolute Gasteiger partial charge is 0.491 e. The Kier molecular flexibility index (Phi) is 11.4. The highest BCUT2D eigenvalue weighted by atomic mass is 16.5. The maximum atomic E-state index is 13.3. The van der Waals surface area contributed by atoms with Crippen LogP contribution in [0.25, 0.3) is 39.5 Å². The van der Waals surface area contributed by atoms with Crippen LogP contribution >= 0.6 is 0 Å². The molecule has 0 aliphatic rings. The van der Waals surface area contributed by atoms with E-state index in [0.29, 0.717) is 72.8 Å². The summed E-state index contributed by atoms with van der Waals surface area (Å²) in [6.07, 6.45) is 10.9. The van der Waals surface area contributed by atoms with Crippen LogP contribution in [0, 0.1) is 13.8 Å².